The summed E-state index contributed by atoms with van der Waals surface area (Å²) in [6.07, 6.45) is -1.74. The molecule has 1 atom stereocenters. The first-order valence-electron chi connectivity index (χ1n) is 9.55. The first kappa shape index (κ1) is 20.4. The van der Waals surface area contributed by atoms with E-state index in [1.165, 1.54) is 12.5 Å². The lowest BCUT2D eigenvalue weighted by atomic mass is 10.1. The van der Waals surface area contributed by atoms with Crippen molar-refractivity contribution in [2.75, 3.05) is 23.3 Å². The summed E-state index contributed by atoms with van der Waals surface area (Å²) in [6.45, 7) is 6.79. The number of alkyl halides is 3. The molecule has 162 valence electrons. The van der Waals surface area contributed by atoms with Gasteiger partial charge >= 0.3 is 6.18 Å². The minimum Gasteiger partial charge on any atom is -0.391 e. The van der Waals surface area contributed by atoms with Crippen molar-refractivity contribution in [3.63, 3.8) is 0 Å². The maximum absolute atomic E-state index is 13.2. The number of halogens is 3. The molecule has 4 heterocycles. The highest BCUT2D eigenvalue weighted by Gasteiger charge is 2.36. The Bertz CT molecular complexity index is 1050. The largest absolute Gasteiger partial charge is 0.435 e. The fourth-order valence-electron chi connectivity index (χ4n) is 3.46. The highest BCUT2D eigenvalue weighted by atomic mass is 19.4. The van der Waals surface area contributed by atoms with Crippen molar-refractivity contribution in [3.8, 4) is 0 Å². The number of imidazole rings is 1. The molecular weight excluding hydrogens is 401 g/mol. The van der Waals surface area contributed by atoms with E-state index in [0.29, 0.717) is 42.4 Å². The number of hydrogen-bond acceptors (Lipinski definition) is 7. The third-order valence-corrected chi connectivity index (χ3v) is 4.72. The van der Waals surface area contributed by atoms with Crippen LogP contribution in [0.15, 0.2) is 12.5 Å². The van der Waals surface area contributed by atoms with Gasteiger partial charge < -0.3 is 19.9 Å². The van der Waals surface area contributed by atoms with Gasteiger partial charge in [-0.2, -0.15) is 28.2 Å². The van der Waals surface area contributed by atoms with Gasteiger partial charge in [-0.05, 0) is 27.2 Å². The van der Waals surface area contributed by atoms with Crippen LogP contribution in [-0.4, -0.2) is 59.6 Å². The number of H-pyrrole nitrogens is 1. The Labute approximate surface area is 170 Å². The molecule has 0 unspecified atom stereocenters. The molecule has 0 aliphatic carbocycles. The summed E-state index contributed by atoms with van der Waals surface area (Å²) in [6, 6.07) is 0. The minimum atomic E-state index is -4.56. The molecular formula is C18H23F3N8O. The van der Waals surface area contributed by atoms with Crippen molar-refractivity contribution >= 4 is 22.9 Å². The average Bonchev–Trinajstić information content (AvgIpc) is 3.33. The summed E-state index contributed by atoms with van der Waals surface area (Å²) in [5.74, 6) is 0.890. The zero-order chi connectivity index (χ0) is 21.7. The van der Waals surface area contributed by atoms with Gasteiger partial charge in [0.2, 0.25) is 5.95 Å². The van der Waals surface area contributed by atoms with Crippen molar-refractivity contribution in [2.24, 2.45) is 0 Å². The number of nitrogens with one attached hydrogen (secondary N) is 2. The Morgan fingerprint density at radius 1 is 1.27 bits per heavy atom. The Balaban J connectivity index is 1.78. The maximum Gasteiger partial charge on any atom is 0.435 e. The topological polar surface area (TPSA) is 108 Å². The summed E-state index contributed by atoms with van der Waals surface area (Å²) in [5, 5.41) is 18.8. The molecule has 0 aromatic carbocycles. The van der Waals surface area contributed by atoms with Gasteiger partial charge in [-0.25, -0.2) is 4.98 Å². The van der Waals surface area contributed by atoms with Crippen LogP contribution in [0.1, 0.15) is 38.4 Å². The van der Waals surface area contributed by atoms with Crippen molar-refractivity contribution in [3.05, 3.63) is 23.8 Å². The van der Waals surface area contributed by atoms with Crippen molar-refractivity contribution < 1.29 is 18.3 Å². The van der Waals surface area contributed by atoms with Gasteiger partial charge in [-0.15, -0.1) is 0 Å². The molecule has 0 saturated carbocycles. The van der Waals surface area contributed by atoms with E-state index in [0.717, 1.165) is 0 Å². The summed E-state index contributed by atoms with van der Waals surface area (Å²) in [5.41, 5.74) is -0.421. The van der Waals surface area contributed by atoms with E-state index in [1.54, 1.807) is 4.57 Å². The molecule has 30 heavy (non-hydrogen) atoms. The van der Waals surface area contributed by atoms with Crippen LogP contribution < -0.4 is 10.2 Å². The Morgan fingerprint density at radius 2 is 2.03 bits per heavy atom. The van der Waals surface area contributed by atoms with Crippen LogP contribution in [0.3, 0.4) is 0 Å². The molecule has 1 aliphatic heterocycles. The van der Waals surface area contributed by atoms with Gasteiger partial charge in [0.05, 0.1) is 19.0 Å². The van der Waals surface area contributed by atoms with Crippen LogP contribution in [-0.2, 0) is 12.7 Å². The molecule has 4 rings (SSSR count). The zero-order valence-corrected chi connectivity index (χ0v) is 16.8. The highest BCUT2D eigenvalue weighted by molar-refractivity contribution is 5.85. The van der Waals surface area contributed by atoms with Gasteiger partial charge in [0.15, 0.2) is 22.7 Å². The first-order valence-corrected chi connectivity index (χ1v) is 9.55. The predicted molar refractivity (Wildman–Crippen MR) is 104 cm³/mol. The fraction of sp³-hybridized carbons (Fsp3) is 0.556. The normalized spacial score (nSPS) is 17.8. The number of rotatable bonds is 4. The molecule has 3 aromatic heterocycles. The Morgan fingerprint density at radius 3 is 2.67 bits per heavy atom. The average molecular weight is 424 g/mol. The zero-order valence-electron chi connectivity index (χ0n) is 16.8. The van der Waals surface area contributed by atoms with E-state index in [2.05, 4.69) is 30.5 Å². The molecule has 3 N–H and O–H groups in total. The first-order chi connectivity index (χ1) is 14.0. The number of anilines is 2. The standard InChI is InChI=1S/C18H23F3N8O/c1-17(2,3)26-16-24-14(28-5-4-11(30)8-28)12-15(25-16)29(9-22-12)7-10-6-23-27-13(10)18(19,20)21/h6,9,11,30H,4-5,7-8H2,1-3H3,(H,23,27)(H,24,25,26)/t11-/m0/s1. The number of aromatic nitrogens is 6. The lowest BCUT2D eigenvalue weighted by Gasteiger charge is -2.23. The number of nitrogens with zero attached hydrogens (tertiary/aromatic N) is 6. The van der Waals surface area contributed by atoms with Gasteiger partial charge in [-0.3, -0.25) is 5.10 Å². The van der Waals surface area contributed by atoms with E-state index in [9.17, 15) is 18.3 Å². The van der Waals surface area contributed by atoms with E-state index in [4.69, 9.17) is 0 Å². The molecule has 0 spiro atoms. The minimum absolute atomic E-state index is 0.0103. The maximum atomic E-state index is 13.2. The second kappa shape index (κ2) is 7.11. The second-order valence-corrected chi connectivity index (χ2v) is 8.44. The molecule has 3 aromatic rings. The molecule has 9 nitrogen and oxygen atoms in total. The van der Waals surface area contributed by atoms with Crippen molar-refractivity contribution in [1.82, 2.24) is 29.7 Å². The van der Waals surface area contributed by atoms with Gasteiger partial charge in [0.25, 0.3) is 0 Å². The molecule has 1 saturated heterocycles. The highest BCUT2D eigenvalue weighted by Crippen LogP contribution is 2.32. The molecule has 0 bridgehead atoms. The molecule has 0 radical (unpaired) electrons. The molecule has 1 aliphatic rings. The molecule has 12 heteroatoms. The smallest absolute Gasteiger partial charge is 0.391 e. The monoisotopic (exact) mass is 424 g/mol. The summed E-state index contributed by atoms with van der Waals surface area (Å²) in [7, 11) is 0. The summed E-state index contributed by atoms with van der Waals surface area (Å²) < 4.78 is 41.2. The third-order valence-electron chi connectivity index (χ3n) is 4.72. The van der Waals surface area contributed by atoms with E-state index < -0.39 is 18.0 Å². The molecule has 0 amide bonds. The fourth-order valence-corrected chi connectivity index (χ4v) is 3.46. The SMILES string of the molecule is CC(C)(C)Nc1nc(N2CC[C@H](O)C2)c2ncn(Cc3c[nH]nc3C(F)(F)F)c2n1. The van der Waals surface area contributed by atoms with E-state index in [-0.39, 0.29) is 17.6 Å². The lowest BCUT2D eigenvalue weighted by Crippen LogP contribution is -2.29. The predicted octanol–water partition coefficient (Wildman–Crippen LogP) is 2.40. The number of aliphatic hydroxyl groups excluding tert-OH is 1. The van der Waals surface area contributed by atoms with Crippen LogP contribution in [0.25, 0.3) is 11.2 Å². The van der Waals surface area contributed by atoms with Crippen LogP contribution in [0.2, 0.25) is 0 Å². The Hall–Kier alpha value is -2.89. The van der Waals surface area contributed by atoms with Gasteiger partial charge in [0.1, 0.15) is 0 Å². The lowest BCUT2D eigenvalue weighted by molar-refractivity contribution is -0.141. The third kappa shape index (κ3) is 4.04. The van der Waals surface area contributed by atoms with E-state index in [1.807, 2.05) is 25.7 Å². The quantitative estimate of drug-likeness (QED) is 0.590. The van der Waals surface area contributed by atoms with Crippen LogP contribution in [0.5, 0.6) is 0 Å². The van der Waals surface area contributed by atoms with Crippen LogP contribution in [0, 0.1) is 0 Å². The number of hydrogen-bond donors (Lipinski definition) is 3. The number of fused-ring (bicyclic) bond motifs is 1. The Kier molecular flexibility index (Phi) is 4.83. The van der Waals surface area contributed by atoms with E-state index >= 15 is 0 Å². The molecule has 1 fully saturated rings. The van der Waals surface area contributed by atoms with Gasteiger partial charge in [0, 0.05) is 30.4 Å². The van der Waals surface area contributed by atoms with Crippen molar-refractivity contribution in [1.29, 1.82) is 0 Å². The van der Waals surface area contributed by atoms with Gasteiger partial charge in [-0.1, -0.05) is 0 Å². The number of aliphatic hydroxyl groups is 1. The van der Waals surface area contributed by atoms with Crippen LogP contribution in [0.4, 0.5) is 24.9 Å². The number of aromatic amines is 1. The summed E-state index contributed by atoms with van der Waals surface area (Å²) in [4.78, 5) is 15.4. The second-order valence-electron chi connectivity index (χ2n) is 8.44. The number of β-amino-alcohol motifs (C(OH)–C–C–N with tert-alkyl or cyclic N) is 1. The summed E-state index contributed by atoms with van der Waals surface area (Å²) >= 11 is 0. The van der Waals surface area contributed by atoms with Crippen molar-refractivity contribution in [2.45, 2.75) is 51.6 Å². The van der Waals surface area contributed by atoms with Crippen LogP contribution >= 0.6 is 0 Å².